The molecule has 0 spiro atoms. The highest BCUT2D eigenvalue weighted by atomic mass is 32.2. The maximum absolute atomic E-state index is 12.4. The highest BCUT2D eigenvalue weighted by Gasteiger charge is 2.34. The van der Waals surface area contributed by atoms with Gasteiger partial charge in [-0.05, 0) is 50.5 Å². The standard InChI is InChI=1S/C17H24N2O4S/c1-4-19(15-7-8-24(22,23)11-15)17(21)10-16(20)18-14-6-5-12(2)13(3)9-14/h5-6,9,15H,4,7-8,10-11H2,1-3H3,(H,18,20). The molecule has 132 valence electrons. The molecule has 2 amide bonds. The second kappa shape index (κ2) is 7.34. The van der Waals surface area contributed by atoms with Gasteiger partial charge < -0.3 is 10.2 Å². The van der Waals surface area contributed by atoms with Gasteiger partial charge in [-0.2, -0.15) is 0 Å². The normalized spacial score (nSPS) is 19.0. The Kier molecular flexibility index (Phi) is 5.64. The van der Waals surface area contributed by atoms with Crippen molar-refractivity contribution in [3.8, 4) is 0 Å². The molecule has 0 aliphatic carbocycles. The molecular weight excluding hydrogens is 328 g/mol. The number of aryl methyl sites for hydroxylation is 2. The largest absolute Gasteiger partial charge is 0.338 e. The van der Waals surface area contributed by atoms with Crippen LogP contribution in [0.3, 0.4) is 0 Å². The van der Waals surface area contributed by atoms with Crippen LogP contribution in [0.25, 0.3) is 0 Å². The number of rotatable bonds is 5. The highest BCUT2D eigenvalue weighted by Crippen LogP contribution is 2.19. The Bertz CT molecular complexity index is 743. The van der Waals surface area contributed by atoms with Gasteiger partial charge in [0.05, 0.1) is 11.5 Å². The molecule has 1 unspecified atom stereocenters. The molecule has 0 radical (unpaired) electrons. The van der Waals surface area contributed by atoms with E-state index in [1.54, 1.807) is 13.0 Å². The summed E-state index contributed by atoms with van der Waals surface area (Å²) in [6.45, 7) is 6.13. The van der Waals surface area contributed by atoms with E-state index in [1.807, 2.05) is 26.0 Å². The van der Waals surface area contributed by atoms with Crippen LogP contribution in [0.15, 0.2) is 18.2 Å². The van der Waals surface area contributed by atoms with Crippen molar-refractivity contribution in [2.75, 3.05) is 23.4 Å². The number of nitrogens with one attached hydrogen (secondary N) is 1. The summed E-state index contributed by atoms with van der Waals surface area (Å²) >= 11 is 0. The Balaban J connectivity index is 1.96. The van der Waals surface area contributed by atoms with Crippen LogP contribution in [-0.4, -0.2) is 49.2 Å². The van der Waals surface area contributed by atoms with Gasteiger partial charge in [0.2, 0.25) is 11.8 Å². The van der Waals surface area contributed by atoms with Crippen LogP contribution in [0, 0.1) is 13.8 Å². The van der Waals surface area contributed by atoms with Crippen molar-refractivity contribution in [3.05, 3.63) is 29.3 Å². The van der Waals surface area contributed by atoms with E-state index in [9.17, 15) is 18.0 Å². The number of carbonyl (C=O) groups is 2. The first-order valence-electron chi connectivity index (χ1n) is 8.09. The number of hydrogen-bond donors (Lipinski definition) is 1. The fraction of sp³-hybridized carbons (Fsp3) is 0.529. The maximum Gasteiger partial charge on any atom is 0.233 e. The quantitative estimate of drug-likeness (QED) is 0.817. The van der Waals surface area contributed by atoms with Crippen molar-refractivity contribution in [3.63, 3.8) is 0 Å². The molecule has 1 saturated heterocycles. The van der Waals surface area contributed by atoms with Crippen LogP contribution in [0.1, 0.15) is 30.9 Å². The molecule has 7 heteroatoms. The van der Waals surface area contributed by atoms with E-state index >= 15 is 0 Å². The van der Waals surface area contributed by atoms with Gasteiger partial charge in [0, 0.05) is 18.3 Å². The smallest absolute Gasteiger partial charge is 0.233 e. The van der Waals surface area contributed by atoms with E-state index in [0.29, 0.717) is 18.7 Å². The number of carbonyl (C=O) groups excluding carboxylic acids is 2. The van der Waals surface area contributed by atoms with Crippen molar-refractivity contribution in [2.45, 2.75) is 39.7 Å². The Labute approximate surface area is 143 Å². The zero-order valence-corrected chi connectivity index (χ0v) is 15.1. The minimum Gasteiger partial charge on any atom is -0.338 e. The van der Waals surface area contributed by atoms with Crippen LogP contribution < -0.4 is 5.32 Å². The zero-order chi connectivity index (χ0) is 17.9. The number of amides is 2. The van der Waals surface area contributed by atoms with E-state index in [2.05, 4.69) is 5.32 Å². The maximum atomic E-state index is 12.4. The highest BCUT2D eigenvalue weighted by molar-refractivity contribution is 7.91. The summed E-state index contributed by atoms with van der Waals surface area (Å²) in [7, 11) is -3.06. The number of hydrogen-bond acceptors (Lipinski definition) is 4. The summed E-state index contributed by atoms with van der Waals surface area (Å²) in [6, 6.07) is 5.25. The average molecular weight is 352 g/mol. The van der Waals surface area contributed by atoms with Gasteiger partial charge in [0.25, 0.3) is 0 Å². The first-order valence-corrected chi connectivity index (χ1v) is 9.91. The molecule has 0 bridgehead atoms. The molecule has 1 atom stereocenters. The predicted molar refractivity (Wildman–Crippen MR) is 93.6 cm³/mol. The number of benzene rings is 1. The Morgan fingerprint density at radius 3 is 2.50 bits per heavy atom. The second-order valence-corrected chi connectivity index (χ2v) is 8.49. The van der Waals surface area contributed by atoms with Gasteiger partial charge in [0.1, 0.15) is 6.42 Å². The number of anilines is 1. The molecule has 1 fully saturated rings. The molecule has 1 aromatic rings. The lowest BCUT2D eigenvalue weighted by molar-refractivity contribution is -0.135. The van der Waals surface area contributed by atoms with E-state index in [-0.39, 0.29) is 35.8 Å². The third kappa shape index (κ3) is 4.56. The summed E-state index contributed by atoms with van der Waals surface area (Å²) in [5.74, 6) is -0.620. The van der Waals surface area contributed by atoms with Gasteiger partial charge in [-0.15, -0.1) is 0 Å². The van der Waals surface area contributed by atoms with Crippen LogP contribution in [0.2, 0.25) is 0 Å². The molecule has 6 nitrogen and oxygen atoms in total. The number of sulfone groups is 1. The van der Waals surface area contributed by atoms with Crippen LogP contribution in [-0.2, 0) is 19.4 Å². The summed E-state index contributed by atoms with van der Waals surface area (Å²) in [5.41, 5.74) is 2.84. The van der Waals surface area contributed by atoms with Crippen molar-refractivity contribution in [2.24, 2.45) is 0 Å². The van der Waals surface area contributed by atoms with Crippen molar-refractivity contribution >= 4 is 27.3 Å². The molecule has 1 heterocycles. The third-order valence-electron chi connectivity index (χ3n) is 4.41. The molecule has 0 aromatic heterocycles. The van der Waals surface area contributed by atoms with Crippen LogP contribution in [0.5, 0.6) is 0 Å². The molecule has 24 heavy (non-hydrogen) atoms. The fourth-order valence-corrected chi connectivity index (χ4v) is 4.65. The lowest BCUT2D eigenvalue weighted by atomic mass is 10.1. The van der Waals surface area contributed by atoms with E-state index in [1.165, 1.54) is 4.90 Å². The zero-order valence-electron chi connectivity index (χ0n) is 14.3. The van der Waals surface area contributed by atoms with Gasteiger partial charge in [-0.1, -0.05) is 6.07 Å². The van der Waals surface area contributed by atoms with E-state index < -0.39 is 9.84 Å². The SMILES string of the molecule is CCN(C(=O)CC(=O)Nc1ccc(C)c(C)c1)C1CCS(=O)(=O)C1. The molecule has 2 rings (SSSR count). The van der Waals surface area contributed by atoms with Crippen molar-refractivity contribution < 1.29 is 18.0 Å². The van der Waals surface area contributed by atoms with Gasteiger partial charge >= 0.3 is 0 Å². The molecule has 0 saturated carbocycles. The van der Waals surface area contributed by atoms with Gasteiger partial charge in [0.15, 0.2) is 9.84 Å². The lowest BCUT2D eigenvalue weighted by Crippen LogP contribution is -2.42. The molecule has 1 aliphatic heterocycles. The third-order valence-corrected chi connectivity index (χ3v) is 6.16. The van der Waals surface area contributed by atoms with Gasteiger partial charge in [-0.25, -0.2) is 8.42 Å². The summed E-state index contributed by atoms with van der Waals surface area (Å²) in [6.07, 6.45) is 0.165. The van der Waals surface area contributed by atoms with Gasteiger partial charge in [-0.3, -0.25) is 9.59 Å². The van der Waals surface area contributed by atoms with Crippen molar-refractivity contribution in [1.82, 2.24) is 4.90 Å². The minimum atomic E-state index is -3.06. The fourth-order valence-electron chi connectivity index (χ4n) is 2.92. The first kappa shape index (κ1) is 18.4. The monoisotopic (exact) mass is 352 g/mol. The Hall–Kier alpha value is -1.89. The molecule has 1 aromatic carbocycles. The summed E-state index contributed by atoms with van der Waals surface area (Å²) in [5, 5.41) is 2.72. The van der Waals surface area contributed by atoms with Crippen LogP contribution >= 0.6 is 0 Å². The van der Waals surface area contributed by atoms with Crippen molar-refractivity contribution in [1.29, 1.82) is 0 Å². The summed E-state index contributed by atoms with van der Waals surface area (Å²) < 4.78 is 23.2. The molecule has 1 N–H and O–H groups in total. The number of nitrogens with zero attached hydrogens (tertiary/aromatic N) is 1. The summed E-state index contributed by atoms with van der Waals surface area (Å²) in [4.78, 5) is 26.0. The molecular formula is C17H24N2O4S. The molecule has 1 aliphatic rings. The van der Waals surface area contributed by atoms with E-state index in [0.717, 1.165) is 11.1 Å². The first-order chi connectivity index (χ1) is 11.2. The second-order valence-electron chi connectivity index (χ2n) is 6.26. The minimum absolute atomic E-state index is 0.00858. The Morgan fingerprint density at radius 1 is 1.25 bits per heavy atom. The van der Waals surface area contributed by atoms with Crippen LogP contribution in [0.4, 0.5) is 5.69 Å². The van der Waals surface area contributed by atoms with E-state index in [4.69, 9.17) is 0 Å². The predicted octanol–water partition coefficient (Wildman–Crippen LogP) is 1.67. The Morgan fingerprint density at radius 2 is 1.96 bits per heavy atom. The lowest BCUT2D eigenvalue weighted by Gasteiger charge is -2.26. The average Bonchev–Trinajstić information content (AvgIpc) is 2.83. The topological polar surface area (TPSA) is 83.6 Å².